The van der Waals surface area contributed by atoms with E-state index >= 15 is 0 Å². The molecule has 1 aromatic carbocycles. The van der Waals surface area contributed by atoms with Crippen LogP contribution < -0.4 is 19.5 Å². The topological polar surface area (TPSA) is 95.5 Å². The number of ether oxygens (including phenoxy) is 3. The Hall–Kier alpha value is -3.20. The van der Waals surface area contributed by atoms with E-state index in [-0.39, 0.29) is 23.7 Å². The maximum absolute atomic E-state index is 12.5. The number of carbonyl (C=O) groups excluding carboxylic acids is 1. The van der Waals surface area contributed by atoms with Crippen molar-refractivity contribution in [1.82, 2.24) is 15.0 Å². The smallest absolute Gasteiger partial charge is 0.320 e. The molecule has 8 nitrogen and oxygen atoms in total. The molecule has 1 aliphatic heterocycles. The monoisotopic (exact) mass is 398 g/mol. The predicted molar refractivity (Wildman–Crippen MR) is 104 cm³/mol. The van der Waals surface area contributed by atoms with Crippen LogP contribution in [0.2, 0.25) is 0 Å². The zero-order valence-corrected chi connectivity index (χ0v) is 16.4. The van der Waals surface area contributed by atoms with E-state index < -0.39 is 5.91 Å². The number of fused-ring (bicyclic) bond motifs is 1. The molecule has 28 heavy (non-hydrogen) atoms. The molecule has 1 amide bonds. The summed E-state index contributed by atoms with van der Waals surface area (Å²) in [6.45, 7) is 2.05. The summed E-state index contributed by atoms with van der Waals surface area (Å²) >= 11 is 1.34. The van der Waals surface area contributed by atoms with Gasteiger partial charge in [-0.1, -0.05) is 0 Å². The molecule has 0 unspecified atom stereocenters. The van der Waals surface area contributed by atoms with Crippen LogP contribution in [0.4, 0.5) is 5.13 Å². The minimum Gasteiger partial charge on any atom is -0.490 e. The van der Waals surface area contributed by atoms with Gasteiger partial charge in [0.25, 0.3) is 5.91 Å². The fourth-order valence-electron chi connectivity index (χ4n) is 2.92. The third-order valence-electron chi connectivity index (χ3n) is 4.22. The zero-order chi connectivity index (χ0) is 19.7. The van der Waals surface area contributed by atoms with Crippen molar-refractivity contribution in [2.24, 2.45) is 0 Å². The van der Waals surface area contributed by atoms with Gasteiger partial charge < -0.3 is 14.2 Å². The second kappa shape index (κ2) is 7.43. The van der Waals surface area contributed by atoms with Gasteiger partial charge in [0, 0.05) is 23.4 Å². The maximum Gasteiger partial charge on any atom is 0.320 e. The van der Waals surface area contributed by atoms with Gasteiger partial charge in [0.2, 0.25) is 5.88 Å². The van der Waals surface area contributed by atoms with Crippen molar-refractivity contribution in [2.45, 2.75) is 19.4 Å². The largest absolute Gasteiger partial charge is 0.490 e. The van der Waals surface area contributed by atoms with E-state index in [1.165, 1.54) is 37.2 Å². The number of carbonyl (C=O) groups is 1. The van der Waals surface area contributed by atoms with Gasteiger partial charge in [-0.2, -0.15) is 9.97 Å². The van der Waals surface area contributed by atoms with E-state index in [4.69, 9.17) is 14.2 Å². The molecule has 0 bridgehead atoms. The number of nitrogens with one attached hydrogen (secondary N) is 1. The van der Waals surface area contributed by atoms with Crippen LogP contribution in [0.15, 0.2) is 29.6 Å². The molecule has 0 spiro atoms. The molecule has 144 valence electrons. The van der Waals surface area contributed by atoms with Crippen molar-refractivity contribution in [3.63, 3.8) is 0 Å². The first-order chi connectivity index (χ1) is 13.6. The number of amides is 1. The SMILES string of the molecule is COc1cc(C(=O)Nc2nc(-c3ccc4c(c3)C[C@@H](C)O4)cs2)nc(OC)n1. The van der Waals surface area contributed by atoms with Gasteiger partial charge in [-0.25, -0.2) is 4.98 Å². The Morgan fingerprint density at radius 2 is 2.07 bits per heavy atom. The highest BCUT2D eigenvalue weighted by Gasteiger charge is 2.20. The molecule has 1 atom stereocenters. The number of methoxy groups -OCH3 is 2. The lowest BCUT2D eigenvalue weighted by molar-refractivity contribution is 0.102. The second-order valence-electron chi connectivity index (χ2n) is 6.23. The van der Waals surface area contributed by atoms with Crippen molar-refractivity contribution in [3.8, 4) is 28.9 Å². The number of hydrogen-bond donors (Lipinski definition) is 1. The van der Waals surface area contributed by atoms with Crippen LogP contribution >= 0.6 is 11.3 Å². The van der Waals surface area contributed by atoms with Crippen LogP contribution in [0.1, 0.15) is 23.0 Å². The van der Waals surface area contributed by atoms with Crippen LogP contribution in [-0.4, -0.2) is 41.2 Å². The number of rotatable bonds is 5. The lowest BCUT2D eigenvalue weighted by atomic mass is 10.1. The number of aromatic nitrogens is 3. The maximum atomic E-state index is 12.5. The van der Waals surface area contributed by atoms with Crippen LogP contribution in [-0.2, 0) is 6.42 Å². The Balaban J connectivity index is 1.53. The van der Waals surface area contributed by atoms with Crippen molar-refractivity contribution in [3.05, 3.63) is 40.9 Å². The van der Waals surface area contributed by atoms with E-state index in [0.29, 0.717) is 5.13 Å². The fourth-order valence-corrected chi connectivity index (χ4v) is 3.64. The van der Waals surface area contributed by atoms with Crippen molar-refractivity contribution < 1.29 is 19.0 Å². The quantitative estimate of drug-likeness (QED) is 0.705. The summed E-state index contributed by atoms with van der Waals surface area (Å²) in [5, 5.41) is 5.13. The molecule has 1 N–H and O–H groups in total. The van der Waals surface area contributed by atoms with E-state index in [1.807, 2.05) is 24.4 Å². The Labute approximate surface area is 165 Å². The highest BCUT2D eigenvalue weighted by atomic mass is 32.1. The Morgan fingerprint density at radius 3 is 2.86 bits per heavy atom. The predicted octanol–water partition coefficient (Wildman–Crippen LogP) is 3.19. The number of anilines is 1. The van der Waals surface area contributed by atoms with Crippen LogP contribution in [0, 0.1) is 0 Å². The zero-order valence-electron chi connectivity index (χ0n) is 15.6. The van der Waals surface area contributed by atoms with Crippen LogP contribution in [0.3, 0.4) is 0 Å². The highest BCUT2D eigenvalue weighted by molar-refractivity contribution is 7.14. The van der Waals surface area contributed by atoms with Gasteiger partial charge >= 0.3 is 6.01 Å². The summed E-state index contributed by atoms with van der Waals surface area (Å²) < 4.78 is 15.8. The van der Waals surface area contributed by atoms with Crippen molar-refractivity contribution in [2.75, 3.05) is 19.5 Å². The third-order valence-corrected chi connectivity index (χ3v) is 4.98. The Morgan fingerprint density at radius 1 is 1.21 bits per heavy atom. The highest BCUT2D eigenvalue weighted by Crippen LogP contribution is 2.34. The summed E-state index contributed by atoms with van der Waals surface area (Å²) in [5.41, 5.74) is 3.08. The summed E-state index contributed by atoms with van der Waals surface area (Å²) in [4.78, 5) is 25.1. The third kappa shape index (κ3) is 3.61. The van der Waals surface area contributed by atoms with Gasteiger partial charge in [0.15, 0.2) is 5.13 Å². The average molecular weight is 398 g/mol. The van der Waals surface area contributed by atoms with Crippen LogP contribution in [0.5, 0.6) is 17.6 Å². The number of benzene rings is 1. The first kappa shape index (κ1) is 18.2. The summed E-state index contributed by atoms with van der Waals surface area (Å²) in [7, 11) is 2.88. The molecule has 0 saturated heterocycles. The second-order valence-corrected chi connectivity index (χ2v) is 7.09. The minimum atomic E-state index is -0.420. The number of hydrogen-bond acceptors (Lipinski definition) is 8. The molecule has 0 saturated carbocycles. The van der Waals surface area contributed by atoms with Crippen molar-refractivity contribution >= 4 is 22.4 Å². The first-order valence-electron chi connectivity index (χ1n) is 8.59. The number of nitrogens with zero attached hydrogens (tertiary/aromatic N) is 3. The first-order valence-corrected chi connectivity index (χ1v) is 9.47. The van der Waals surface area contributed by atoms with E-state index in [2.05, 4.69) is 26.3 Å². The number of thiazole rings is 1. The van der Waals surface area contributed by atoms with Crippen molar-refractivity contribution in [1.29, 1.82) is 0 Å². The van der Waals surface area contributed by atoms with E-state index in [1.54, 1.807) is 0 Å². The van der Waals surface area contributed by atoms with Gasteiger partial charge in [0.1, 0.15) is 17.5 Å². The summed E-state index contributed by atoms with van der Waals surface area (Å²) in [6.07, 6.45) is 1.08. The molecular weight excluding hydrogens is 380 g/mol. The van der Waals surface area contributed by atoms with Crippen LogP contribution in [0.25, 0.3) is 11.3 Å². The fraction of sp³-hybridized carbons (Fsp3) is 0.263. The molecule has 2 aromatic heterocycles. The molecule has 3 aromatic rings. The van der Waals surface area contributed by atoms with Gasteiger partial charge in [0.05, 0.1) is 19.9 Å². The van der Waals surface area contributed by atoms with Gasteiger partial charge in [-0.15, -0.1) is 11.3 Å². The summed E-state index contributed by atoms with van der Waals surface area (Å²) in [6, 6.07) is 7.51. The summed E-state index contributed by atoms with van der Waals surface area (Å²) in [5.74, 6) is 0.745. The Kier molecular flexibility index (Phi) is 4.82. The lowest BCUT2D eigenvalue weighted by Gasteiger charge is -2.05. The molecule has 0 fully saturated rings. The molecule has 3 heterocycles. The molecular formula is C19H18N4O4S. The van der Waals surface area contributed by atoms with E-state index in [9.17, 15) is 4.79 Å². The van der Waals surface area contributed by atoms with Gasteiger partial charge in [-0.05, 0) is 30.7 Å². The Bertz CT molecular complexity index is 1010. The standard InChI is InChI=1S/C19H18N4O4S/c1-10-6-12-7-11(4-5-15(12)27-10)14-9-28-19(21-14)23-17(24)13-8-16(25-2)22-18(20-13)26-3/h4-5,7-10H,6H2,1-3H3,(H,21,23,24)/t10-/m1/s1. The normalized spacial score (nSPS) is 14.9. The molecule has 9 heteroatoms. The molecule has 4 rings (SSSR count). The minimum absolute atomic E-state index is 0.0546. The van der Waals surface area contributed by atoms with E-state index in [0.717, 1.165) is 23.4 Å². The average Bonchev–Trinajstić information content (AvgIpc) is 3.32. The lowest BCUT2D eigenvalue weighted by Crippen LogP contribution is -2.14. The molecule has 1 aliphatic rings. The molecule has 0 aliphatic carbocycles. The molecule has 0 radical (unpaired) electrons. The van der Waals surface area contributed by atoms with Gasteiger partial charge in [-0.3, -0.25) is 10.1 Å².